The zero-order valence-electron chi connectivity index (χ0n) is 18.3. The molecule has 4 rings (SSSR count). The molecule has 0 spiro atoms. The van der Waals surface area contributed by atoms with E-state index < -0.39 is 0 Å². The van der Waals surface area contributed by atoms with E-state index in [1.807, 2.05) is 12.1 Å². The van der Waals surface area contributed by atoms with E-state index in [0.717, 1.165) is 36.8 Å². The number of anilines is 3. The van der Waals surface area contributed by atoms with Crippen LogP contribution in [0.1, 0.15) is 0 Å². The lowest BCUT2D eigenvalue weighted by Crippen LogP contribution is -2.44. The van der Waals surface area contributed by atoms with Crippen molar-refractivity contribution in [3.63, 3.8) is 0 Å². The second-order valence-electron chi connectivity index (χ2n) is 7.57. The molecule has 1 aromatic carbocycles. The Morgan fingerprint density at radius 2 is 2.00 bits per heavy atom. The molecule has 1 amide bonds. The quantitative estimate of drug-likeness (QED) is 0.350. The van der Waals surface area contributed by atoms with Gasteiger partial charge in [0.15, 0.2) is 5.16 Å². The van der Waals surface area contributed by atoms with Crippen molar-refractivity contribution in [3.05, 3.63) is 48.9 Å². The Bertz CT molecular complexity index is 1120. The molecule has 0 bridgehead atoms. The van der Waals surface area contributed by atoms with Crippen LogP contribution in [0.2, 0.25) is 0 Å². The number of nitrogens with two attached hydrogens (primary N) is 2. The standard InChI is InChI=1S/C22H26N8O2S/c1-29-5-7-30(8-6-29)19-14-26-22(28-21(19)32-17-4-2-3-15(24)9-17)33-18-10-16(12-25-13-18)27-20(31)11-23/h2-4,9-10,12-14H,5-8,11,23-24H2,1H3,(H,27,31). The first kappa shape index (κ1) is 22.8. The number of amides is 1. The molecule has 0 aliphatic carbocycles. The lowest BCUT2D eigenvalue weighted by Gasteiger charge is -2.34. The number of hydrogen-bond donors (Lipinski definition) is 3. The van der Waals surface area contributed by atoms with E-state index in [9.17, 15) is 4.79 Å². The largest absolute Gasteiger partial charge is 0.437 e. The highest BCUT2D eigenvalue weighted by Gasteiger charge is 2.21. The van der Waals surface area contributed by atoms with Gasteiger partial charge >= 0.3 is 0 Å². The summed E-state index contributed by atoms with van der Waals surface area (Å²) in [5.41, 5.74) is 13.3. The molecule has 0 atom stereocenters. The van der Waals surface area contributed by atoms with Gasteiger partial charge in [0.2, 0.25) is 11.8 Å². The summed E-state index contributed by atoms with van der Waals surface area (Å²) in [7, 11) is 2.11. The molecule has 0 saturated carbocycles. The molecule has 11 heteroatoms. The van der Waals surface area contributed by atoms with E-state index in [2.05, 4.69) is 32.1 Å². The predicted molar refractivity (Wildman–Crippen MR) is 129 cm³/mol. The van der Waals surface area contributed by atoms with Gasteiger partial charge in [-0.3, -0.25) is 9.78 Å². The maximum Gasteiger partial charge on any atom is 0.247 e. The first-order chi connectivity index (χ1) is 16.0. The Labute approximate surface area is 196 Å². The van der Waals surface area contributed by atoms with Gasteiger partial charge in [0.1, 0.15) is 11.4 Å². The van der Waals surface area contributed by atoms with Crippen molar-refractivity contribution in [1.82, 2.24) is 19.9 Å². The average Bonchev–Trinajstić information content (AvgIpc) is 2.80. The van der Waals surface area contributed by atoms with Gasteiger partial charge in [-0.1, -0.05) is 6.07 Å². The lowest BCUT2D eigenvalue weighted by molar-refractivity contribution is -0.114. The van der Waals surface area contributed by atoms with E-state index in [4.69, 9.17) is 21.2 Å². The van der Waals surface area contributed by atoms with Gasteiger partial charge in [0.05, 0.1) is 24.6 Å². The number of carbonyl (C=O) groups is 1. The zero-order valence-corrected chi connectivity index (χ0v) is 19.1. The molecule has 3 heterocycles. The van der Waals surface area contributed by atoms with Crippen molar-refractivity contribution in [2.24, 2.45) is 5.73 Å². The number of rotatable bonds is 7. The summed E-state index contributed by atoms with van der Waals surface area (Å²) in [6.45, 7) is 3.50. The number of pyridine rings is 1. The summed E-state index contributed by atoms with van der Waals surface area (Å²) in [6, 6.07) is 9.03. The summed E-state index contributed by atoms with van der Waals surface area (Å²) in [4.78, 5) is 30.3. The molecule has 33 heavy (non-hydrogen) atoms. The van der Waals surface area contributed by atoms with E-state index in [-0.39, 0.29) is 12.5 Å². The number of piperazine rings is 1. The van der Waals surface area contributed by atoms with Crippen molar-refractivity contribution in [2.45, 2.75) is 10.1 Å². The van der Waals surface area contributed by atoms with E-state index in [0.29, 0.717) is 28.2 Å². The van der Waals surface area contributed by atoms with Crippen LogP contribution < -0.4 is 26.4 Å². The fraction of sp³-hybridized carbons (Fsp3) is 0.273. The number of aromatic nitrogens is 3. The van der Waals surface area contributed by atoms with Crippen LogP contribution in [-0.4, -0.2) is 65.5 Å². The van der Waals surface area contributed by atoms with Gasteiger partial charge in [-0.2, -0.15) is 4.98 Å². The molecule has 0 unspecified atom stereocenters. The molecular weight excluding hydrogens is 440 g/mol. The number of nitrogens with one attached hydrogen (secondary N) is 1. The van der Waals surface area contributed by atoms with E-state index >= 15 is 0 Å². The SMILES string of the molecule is CN1CCN(c2cnc(Sc3cncc(NC(=O)CN)c3)nc2Oc2cccc(N)c2)CC1. The highest BCUT2D eigenvalue weighted by atomic mass is 32.2. The van der Waals surface area contributed by atoms with Crippen LogP contribution >= 0.6 is 11.8 Å². The number of nitrogen functional groups attached to an aromatic ring is 1. The molecular formula is C22H26N8O2S. The fourth-order valence-corrected chi connectivity index (χ4v) is 4.03. The van der Waals surface area contributed by atoms with E-state index in [1.54, 1.807) is 36.8 Å². The number of benzene rings is 1. The minimum atomic E-state index is -0.287. The zero-order chi connectivity index (χ0) is 23.2. The molecule has 1 fully saturated rings. The third kappa shape index (κ3) is 6.09. The second-order valence-corrected chi connectivity index (χ2v) is 8.61. The highest BCUT2D eigenvalue weighted by molar-refractivity contribution is 7.99. The Morgan fingerprint density at radius 3 is 2.76 bits per heavy atom. The average molecular weight is 467 g/mol. The maximum atomic E-state index is 11.6. The van der Waals surface area contributed by atoms with Crippen molar-refractivity contribution in [3.8, 4) is 11.6 Å². The lowest BCUT2D eigenvalue weighted by atomic mass is 10.3. The fourth-order valence-electron chi connectivity index (χ4n) is 3.28. The van der Waals surface area contributed by atoms with Crippen molar-refractivity contribution >= 4 is 34.7 Å². The van der Waals surface area contributed by atoms with Crippen LogP contribution in [0, 0.1) is 0 Å². The second kappa shape index (κ2) is 10.5. The maximum absolute atomic E-state index is 11.6. The number of hydrogen-bond acceptors (Lipinski definition) is 10. The van der Waals surface area contributed by atoms with Gasteiger partial charge in [-0.25, -0.2) is 4.98 Å². The molecule has 1 aliphatic heterocycles. The Kier molecular flexibility index (Phi) is 7.23. The van der Waals surface area contributed by atoms with Crippen molar-refractivity contribution < 1.29 is 9.53 Å². The van der Waals surface area contributed by atoms with Crippen LogP contribution in [-0.2, 0) is 4.79 Å². The van der Waals surface area contributed by atoms with Crippen LogP contribution in [0.15, 0.2) is 59.0 Å². The summed E-state index contributed by atoms with van der Waals surface area (Å²) in [5, 5.41) is 3.19. The summed E-state index contributed by atoms with van der Waals surface area (Å²) < 4.78 is 6.15. The molecule has 10 nitrogen and oxygen atoms in total. The summed E-state index contributed by atoms with van der Waals surface area (Å²) in [6.07, 6.45) is 5.03. The molecule has 1 saturated heterocycles. The van der Waals surface area contributed by atoms with Crippen LogP contribution in [0.5, 0.6) is 11.6 Å². The Morgan fingerprint density at radius 1 is 1.18 bits per heavy atom. The number of ether oxygens (including phenoxy) is 1. The minimum Gasteiger partial charge on any atom is -0.437 e. The van der Waals surface area contributed by atoms with Crippen LogP contribution in [0.4, 0.5) is 17.1 Å². The third-order valence-corrected chi connectivity index (χ3v) is 5.86. The van der Waals surface area contributed by atoms with E-state index in [1.165, 1.54) is 11.8 Å². The van der Waals surface area contributed by atoms with Gasteiger partial charge in [-0.15, -0.1) is 0 Å². The molecule has 1 aliphatic rings. The first-order valence-corrected chi connectivity index (χ1v) is 11.3. The monoisotopic (exact) mass is 466 g/mol. The molecule has 2 aromatic heterocycles. The number of likely N-dealkylation sites (N-methyl/N-ethyl adjacent to an activating group) is 1. The molecule has 172 valence electrons. The Balaban J connectivity index is 1.60. The molecule has 0 radical (unpaired) electrons. The van der Waals surface area contributed by atoms with Gasteiger partial charge < -0.3 is 31.3 Å². The molecule has 3 aromatic rings. The van der Waals surface area contributed by atoms with Crippen LogP contribution in [0.3, 0.4) is 0 Å². The topological polar surface area (TPSA) is 136 Å². The predicted octanol–water partition coefficient (Wildman–Crippen LogP) is 2.05. The third-order valence-electron chi connectivity index (χ3n) is 5.02. The summed E-state index contributed by atoms with van der Waals surface area (Å²) >= 11 is 1.32. The first-order valence-electron chi connectivity index (χ1n) is 10.5. The minimum absolute atomic E-state index is 0.0983. The Hall–Kier alpha value is -3.41. The van der Waals surface area contributed by atoms with Crippen LogP contribution in [0.25, 0.3) is 0 Å². The van der Waals surface area contributed by atoms with Crippen molar-refractivity contribution in [2.75, 3.05) is 55.7 Å². The number of carbonyl (C=O) groups excluding carboxylic acids is 1. The highest BCUT2D eigenvalue weighted by Crippen LogP contribution is 2.34. The van der Waals surface area contributed by atoms with Gasteiger partial charge in [0.25, 0.3) is 0 Å². The normalized spacial score (nSPS) is 14.2. The smallest absolute Gasteiger partial charge is 0.247 e. The van der Waals surface area contributed by atoms with Gasteiger partial charge in [0, 0.05) is 49.0 Å². The van der Waals surface area contributed by atoms with Gasteiger partial charge in [-0.05, 0) is 37.0 Å². The van der Waals surface area contributed by atoms with Crippen molar-refractivity contribution in [1.29, 1.82) is 0 Å². The number of nitrogens with zero attached hydrogens (tertiary/aromatic N) is 5. The molecule has 5 N–H and O–H groups in total. The summed E-state index contributed by atoms with van der Waals surface area (Å²) in [5.74, 6) is 0.779.